The normalized spacial score (nSPS) is 13.4. The fraction of sp³-hybridized carbons (Fsp3) is 0.200. The van der Waals surface area contributed by atoms with Gasteiger partial charge in [0.25, 0.3) is 20.2 Å². The summed E-state index contributed by atoms with van der Waals surface area (Å²) in [5.74, 6) is 0. The lowest BCUT2D eigenvalue weighted by Crippen LogP contribution is -2.19. The molecule has 0 aromatic heterocycles. The van der Waals surface area contributed by atoms with E-state index in [9.17, 15) is 43.2 Å². The summed E-state index contributed by atoms with van der Waals surface area (Å²) in [6.07, 6.45) is -10.1. The molecule has 0 radical (unpaired) electrons. The number of alkyl halides is 6. The molecule has 0 saturated carbocycles. The zero-order valence-electron chi connectivity index (χ0n) is 13.9. The highest BCUT2D eigenvalue weighted by Gasteiger charge is 2.39. The highest BCUT2D eigenvalue weighted by Crippen LogP contribution is 2.36. The van der Waals surface area contributed by atoms with Crippen LogP contribution in [0.15, 0.2) is 58.3 Å². The van der Waals surface area contributed by atoms with Crippen molar-refractivity contribution in [3.63, 3.8) is 0 Å². The summed E-state index contributed by atoms with van der Waals surface area (Å²) < 4.78 is 134. The first kappa shape index (κ1) is 23.1. The standard InChI is InChI=1S/C15H10F6O6S2/c16-14(17,18)10-5-1-3-7-12(10)28(22,23)26-9-27-29(24,25)13-8-4-2-6-11(13)15(19,20)21/h1-8H,9H2. The van der Waals surface area contributed by atoms with Crippen LogP contribution in [0.4, 0.5) is 26.3 Å². The van der Waals surface area contributed by atoms with E-state index in [4.69, 9.17) is 0 Å². The van der Waals surface area contributed by atoms with Crippen LogP contribution in [-0.4, -0.2) is 23.6 Å². The summed E-state index contributed by atoms with van der Waals surface area (Å²) in [6.45, 7) is -1.68. The second-order valence-electron chi connectivity index (χ2n) is 5.25. The lowest BCUT2D eigenvalue weighted by Gasteiger charge is -2.14. The van der Waals surface area contributed by atoms with Gasteiger partial charge in [-0.05, 0) is 24.3 Å². The van der Waals surface area contributed by atoms with Gasteiger partial charge in [0.1, 0.15) is 9.79 Å². The SMILES string of the molecule is O=S(=O)(OCOS(=O)(=O)c1ccccc1C(F)(F)F)c1ccccc1C(F)(F)F. The molecule has 0 heterocycles. The summed E-state index contributed by atoms with van der Waals surface area (Å²) in [5.41, 5.74) is -3.16. The summed E-state index contributed by atoms with van der Waals surface area (Å²) in [4.78, 5) is -2.63. The van der Waals surface area contributed by atoms with Crippen LogP contribution in [0.1, 0.15) is 11.1 Å². The van der Waals surface area contributed by atoms with Crippen molar-refractivity contribution < 1.29 is 51.5 Å². The first-order valence-electron chi connectivity index (χ1n) is 7.27. The minimum absolute atomic E-state index is 0.452. The van der Waals surface area contributed by atoms with Crippen LogP contribution in [0.2, 0.25) is 0 Å². The van der Waals surface area contributed by atoms with Crippen LogP contribution in [0.3, 0.4) is 0 Å². The summed E-state index contributed by atoms with van der Waals surface area (Å²) in [7, 11) is -10.3. The Kier molecular flexibility index (Phi) is 6.32. The Bertz CT molecular complexity index is 1000. The molecule has 0 aliphatic rings. The zero-order chi connectivity index (χ0) is 22.1. The third-order valence-electron chi connectivity index (χ3n) is 3.33. The van der Waals surface area contributed by atoms with E-state index < -0.39 is 60.3 Å². The molecule has 0 spiro atoms. The second-order valence-corrected chi connectivity index (χ2v) is 8.42. The van der Waals surface area contributed by atoms with Gasteiger partial charge >= 0.3 is 12.4 Å². The van der Waals surface area contributed by atoms with E-state index in [-0.39, 0.29) is 0 Å². The summed E-state index contributed by atoms with van der Waals surface area (Å²) >= 11 is 0. The molecule has 0 amide bonds. The van der Waals surface area contributed by atoms with Crippen molar-refractivity contribution in [2.45, 2.75) is 22.1 Å². The monoisotopic (exact) mass is 464 g/mol. The van der Waals surface area contributed by atoms with E-state index in [0.29, 0.717) is 24.3 Å². The Hall–Kier alpha value is -2.16. The molecule has 0 atom stereocenters. The smallest absolute Gasteiger partial charge is 0.236 e. The van der Waals surface area contributed by atoms with E-state index >= 15 is 0 Å². The first-order valence-corrected chi connectivity index (χ1v) is 10.1. The van der Waals surface area contributed by atoms with Crippen molar-refractivity contribution in [3.8, 4) is 0 Å². The number of rotatable bonds is 6. The quantitative estimate of drug-likeness (QED) is 0.367. The Morgan fingerprint density at radius 2 is 0.931 bits per heavy atom. The van der Waals surface area contributed by atoms with E-state index in [1.54, 1.807) is 0 Å². The molecule has 29 heavy (non-hydrogen) atoms. The third kappa shape index (κ3) is 5.46. The van der Waals surface area contributed by atoms with Gasteiger partial charge in [-0.1, -0.05) is 24.3 Å². The number of hydrogen-bond acceptors (Lipinski definition) is 6. The highest BCUT2D eigenvalue weighted by molar-refractivity contribution is 7.87. The molecule has 2 aromatic carbocycles. The number of hydrogen-bond donors (Lipinski definition) is 0. The lowest BCUT2D eigenvalue weighted by molar-refractivity contribution is -0.140. The Morgan fingerprint density at radius 1 is 0.621 bits per heavy atom. The highest BCUT2D eigenvalue weighted by atomic mass is 32.2. The van der Waals surface area contributed by atoms with E-state index in [1.807, 2.05) is 0 Å². The topological polar surface area (TPSA) is 86.7 Å². The van der Waals surface area contributed by atoms with E-state index in [2.05, 4.69) is 8.37 Å². The number of halogens is 6. The Balaban J connectivity index is 2.25. The molecule has 0 aliphatic heterocycles. The Labute approximate surface area is 160 Å². The summed E-state index contributed by atoms with van der Waals surface area (Å²) in [6, 6.07) is 5.77. The predicted molar refractivity (Wildman–Crippen MR) is 84.3 cm³/mol. The molecule has 0 saturated heterocycles. The molecule has 160 valence electrons. The minimum atomic E-state index is -5.15. The molecule has 0 fully saturated rings. The molecule has 14 heteroatoms. The van der Waals surface area contributed by atoms with Gasteiger partial charge in [-0.15, -0.1) is 0 Å². The molecule has 6 nitrogen and oxygen atoms in total. The average molecular weight is 464 g/mol. The molecule has 2 aromatic rings. The first-order chi connectivity index (χ1) is 13.2. The van der Waals surface area contributed by atoms with Gasteiger partial charge in [0.05, 0.1) is 11.1 Å². The molecule has 0 bridgehead atoms. The lowest BCUT2D eigenvalue weighted by atomic mass is 10.2. The van der Waals surface area contributed by atoms with Crippen LogP contribution in [0.25, 0.3) is 0 Å². The van der Waals surface area contributed by atoms with E-state index in [1.165, 1.54) is 0 Å². The average Bonchev–Trinajstić information content (AvgIpc) is 2.60. The van der Waals surface area contributed by atoms with Gasteiger partial charge in [0, 0.05) is 0 Å². The maximum absolute atomic E-state index is 12.9. The van der Waals surface area contributed by atoms with Crippen molar-refractivity contribution in [2.24, 2.45) is 0 Å². The van der Waals surface area contributed by atoms with Crippen molar-refractivity contribution in [3.05, 3.63) is 59.7 Å². The molecule has 0 unspecified atom stereocenters. The third-order valence-corrected chi connectivity index (χ3v) is 5.93. The maximum Gasteiger partial charge on any atom is 0.417 e. The van der Waals surface area contributed by atoms with Crippen LogP contribution in [0, 0.1) is 0 Å². The molecule has 0 N–H and O–H groups in total. The second kappa shape index (κ2) is 7.93. The van der Waals surface area contributed by atoms with Crippen molar-refractivity contribution in [2.75, 3.05) is 6.79 Å². The van der Waals surface area contributed by atoms with Crippen molar-refractivity contribution >= 4 is 20.2 Å². The molecule has 0 aliphatic carbocycles. The van der Waals surface area contributed by atoms with Crippen molar-refractivity contribution in [1.29, 1.82) is 0 Å². The van der Waals surface area contributed by atoms with Crippen LogP contribution in [-0.2, 0) is 41.0 Å². The van der Waals surface area contributed by atoms with Crippen molar-refractivity contribution in [1.82, 2.24) is 0 Å². The van der Waals surface area contributed by atoms with Crippen LogP contribution >= 0.6 is 0 Å². The van der Waals surface area contributed by atoms with Gasteiger partial charge in [0.15, 0.2) is 6.79 Å². The zero-order valence-corrected chi connectivity index (χ0v) is 15.5. The maximum atomic E-state index is 12.9. The van der Waals surface area contributed by atoms with Crippen LogP contribution in [0.5, 0.6) is 0 Å². The predicted octanol–water partition coefficient (Wildman–Crippen LogP) is 3.79. The fourth-order valence-electron chi connectivity index (χ4n) is 2.11. The fourth-order valence-corrected chi connectivity index (χ4v) is 4.17. The van der Waals surface area contributed by atoms with Gasteiger partial charge in [-0.2, -0.15) is 43.2 Å². The largest absolute Gasteiger partial charge is 0.417 e. The molecule has 2 rings (SSSR count). The van der Waals surface area contributed by atoms with Gasteiger partial charge in [0.2, 0.25) is 0 Å². The van der Waals surface area contributed by atoms with E-state index in [0.717, 1.165) is 24.3 Å². The minimum Gasteiger partial charge on any atom is -0.236 e. The van der Waals surface area contributed by atoms with Gasteiger partial charge in [-0.3, -0.25) is 0 Å². The van der Waals surface area contributed by atoms with Gasteiger partial charge in [-0.25, -0.2) is 8.37 Å². The molecular formula is C15H10F6O6S2. The van der Waals surface area contributed by atoms with Crippen LogP contribution < -0.4 is 0 Å². The molecular weight excluding hydrogens is 454 g/mol. The summed E-state index contributed by atoms with van der Waals surface area (Å²) in [5, 5.41) is 0. The number of benzene rings is 2. The van der Waals surface area contributed by atoms with Gasteiger partial charge < -0.3 is 0 Å². The Morgan fingerprint density at radius 3 is 1.24 bits per heavy atom.